The number of fused-ring (bicyclic) bond motifs is 2. The maximum Gasteiger partial charge on any atom is 0.311 e. The molecule has 2 aliphatic carbocycles. The van der Waals surface area contributed by atoms with E-state index in [2.05, 4.69) is 24.8 Å². The van der Waals surface area contributed by atoms with Gasteiger partial charge in [0.2, 0.25) is 0 Å². The van der Waals surface area contributed by atoms with E-state index in [9.17, 15) is 4.79 Å². The molecule has 4 heteroatoms. The zero-order chi connectivity index (χ0) is 16.0. The molecule has 5 atom stereocenters. The molecule has 3 fully saturated rings. The van der Waals surface area contributed by atoms with E-state index in [4.69, 9.17) is 9.47 Å². The summed E-state index contributed by atoms with van der Waals surface area (Å²) in [6.45, 7) is 9.01. The number of rotatable bonds is 2. The first-order valence-corrected chi connectivity index (χ1v) is 9.30. The molecule has 0 spiro atoms. The van der Waals surface area contributed by atoms with Crippen LogP contribution in [0.1, 0.15) is 39.5 Å². The van der Waals surface area contributed by atoms with E-state index in [0.717, 1.165) is 39.3 Å². The first-order chi connectivity index (χ1) is 11.1. The van der Waals surface area contributed by atoms with Crippen molar-refractivity contribution < 1.29 is 14.3 Å². The molecule has 2 saturated heterocycles. The number of carbonyl (C=O) groups is 1. The highest BCUT2D eigenvalue weighted by molar-refractivity contribution is 5.76. The molecular weight excluding hydrogens is 290 g/mol. The molecule has 0 bridgehead atoms. The number of hydrogen-bond acceptors (Lipinski definition) is 4. The van der Waals surface area contributed by atoms with Gasteiger partial charge in [0, 0.05) is 25.6 Å². The molecule has 4 nitrogen and oxygen atoms in total. The molecule has 0 aromatic heterocycles. The molecule has 1 saturated carbocycles. The Kier molecular flexibility index (Phi) is 4.01. The van der Waals surface area contributed by atoms with Crippen LogP contribution < -0.4 is 0 Å². The Morgan fingerprint density at radius 2 is 2.13 bits per heavy atom. The average molecular weight is 319 g/mol. The van der Waals surface area contributed by atoms with Crippen LogP contribution in [0.2, 0.25) is 0 Å². The molecular formula is C19H29NO3. The minimum Gasteiger partial charge on any atom is -0.461 e. The van der Waals surface area contributed by atoms with Crippen molar-refractivity contribution >= 4 is 5.97 Å². The van der Waals surface area contributed by atoms with Crippen LogP contribution in [0.15, 0.2) is 11.6 Å². The molecule has 2 heterocycles. The molecule has 0 N–H and O–H groups in total. The molecule has 4 rings (SSSR count). The Labute approximate surface area is 139 Å². The Balaban J connectivity index is 1.56. The summed E-state index contributed by atoms with van der Waals surface area (Å²) in [4.78, 5) is 14.9. The third-order valence-corrected chi connectivity index (χ3v) is 6.64. The Morgan fingerprint density at radius 3 is 2.91 bits per heavy atom. The van der Waals surface area contributed by atoms with Crippen molar-refractivity contribution in [3.8, 4) is 0 Å². The normalized spacial score (nSPS) is 44.3. The van der Waals surface area contributed by atoms with Crippen LogP contribution in [0.3, 0.4) is 0 Å². The Bertz CT molecular complexity index is 511. The number of hydrogen-bond donors (Lipinski definition) is 0. The third-order valence-electron chi connectivity index (χ3n) is 6.64. The van der Waals surface area contributed by atoms with Gasteiger partial charge in [0.05, 0.1) is 19.1 Å². The van der Waals surface area contributed by atoms with Gasteiger partial charge in [-0.25, -0.2) is 0 Å². The summed E-state index contributed by atoms with van der Waals surface area (Å²) in [7, 11) is 0. The quantitative estimate of drug-likeness (QED) is 0.579. The van der Waals surface area contributed by atoms with Crippen LogP contribution in [0, 0.1) is 23.2 Å². The first-order valence-electron chi connectivity index (χ1n) is 9.30. The summed E-state index contributed by atoms with van der Waals surface area (Å²) < 4.78 is 11.3. The second kappa shape index (κ2) is 5.89. The van der Waals surface area contributed by atoms with Gasteiger partial charge in [-0.15, -0.1) is 0 Å². The van der Waals surface area contributed by atoms with Crippen LogP contribution in [0.5, 0.6) is 0 Å². The zero-order valence-corrected chi connectivity index (χ0v) is 14.4. The summed E-state index contributed by atoms with van der Waals surface area (Å²) in [6.07, 6.45) is 7.43. The van der Waals surface area contributed by atoms with Gasteiger partial charge in [0.15, 0.2) is 0 Å². The number of allylic oxidation sites excluding steroid dienone is 1. The van der Waals surface area contributed by atoms with E-state index in [1.54, 1.807) is 5.57 Å². The van der Waals surface area contributed by atoms with Gasteiger partial charge in [-0.3, -0.25) is 9.69 Å². The first kappa shape index (κ1) is 15.6. The fourth-order valence-electron chi connectivity index (χ4n) is 5.32. The van der Waals surface area contributed by atoms with Gasteiger partial charge in [-0.2, -0.15) is 0 Å². The number of nitrogens with zero attached hydrogens (tertiary/aromatic N) is 1. The summed E-state index contributed by atoms with van der Waals surface area (Å²) >= 11 is 0. The molecule has 5 unspecified atom stereocenters. The Hall–Kier alpha value is -0.870. The lowest BCUT2D eigenvalue weighted by Gasteiger charge is -2.46. The minimum absolute atomic E-state index is 0.0178. The molecule has 2 aliphatic heterocycles. The number of morpholine rings is 1. The highest BCUT2D eigenvalue weighted by Gasteiger charge is 2.51. The molecule has 4 aliphatic rings. The number of esters is 1. The van der Waals surface area contributed by atoms with Crippen LogP contribution >= 0.6 is 0 Å². The van der Waals surface area contributed by atoms with Crippen LogP contribution in [-0.2, 0) is 14.3 Å². The summed E-state index contributed by atoms with van der Waals surface area (Å²) in [5.74, 6) is 0.992. The number of carbonyl (C=O) groups excluding carboxylic acids is 1. The Morgan fingerprint density at radius 1 is 1.35 bits per heavy atom. The standard InChI is InChI=1S/C19H29NO3/c1-13-4-3-5-19(2)11-17-14(10-16(13)19)15(18(21)23-17)12-20-6-8-22-9-7-20/h10,13-15,17H,3-9,11-12H2,1-2H3. The maximum atomic E-state index is 12.5. The second-order valence-electron chi connectivity index (χ2n) is 8.25. The van der Waals surface area contributed by atoms with Crippen molar-refractivity contribution in [1.82, 2.24) is 4.90 Å². The fourth-order valence-corrected chi connectivity index (χ4v) is 5.32. The van der Waals surface area contributed by atoms with Crippen LogP contribution in [0.25, 0.3) is 0 Å². The largest absolute Gasteiger partial charge is 0.461 e. The zero-order valence-electron chi connectivity index (χ0n) is 14.4. The monoisotopic (exact) mass is 319 g/mol. The highest BCUT2D eigenvalue weighted by atomic mass is 16.6. The predicted octanol–water partition coefficient (Wildman–Crippen LogP) is 2.63. The van der Waals surface area contributed by atoms with Crippen molar-refractivity contribution in [2.45, 2.75) is 45.6 Å². The van der Waals surface area contributed by atoms with E-state index in [0.29, 0.717) is 5.92 Å². The van der Waals surface area contributed by atoms with E-state index >= 15 is 0 Å². The smallest absolute Gasteiger partial charge is 0.311 e. The van der Waals surface area contributed by atoms with Gasteiger partial charge < -0.3 is 9.47 Å². The lowest BCUT2D eigenvalue weighted by Crippen LogP contribution is -2.43. The van der Waals surface area contributed by atoms with Crippen molar-refractivity contribution in [2.24, 2.45) is 23.2 Å². The molecule has 128 valence electrons. The van der Waals surface area contributed by atoms with E-state index < -0.39 is 0 Å². The molecule has 0 aromatic rings. The average Bonchev–Trinajstić information content (AvgIpc) is 2.81. The maximum absolute atomic E-state index is 12.5. The summed E-state index contributed by atoms with van der Waals surface area (Å²) in [5, 5.41) is 0. The van der Waals surface area contributed by atoms with Crippen molar-refractivity contribution in [3.05, 3.63) is 11.6 Å². The van der Waals surface area contributed by atoms with Crippen molar-refractivity contribution in [2.75, 3.05) is 32.8 Å². The van der Waals surface area contributed by atoms with Gasteiger partial charge in [0.1, 0.15) is 6.10 Å². The number of ether oxygens (including phenoxy) is 2. The van der Waals surface area contributed by atoms with Crippen LogP contribution in [0.4, 0.5) is 0 Å². The molecule has 0 radical (unpaired) electrons. The van der Waals surface area contributed by atoms with Crippen LogP contribution in [-0.4, -0.2) is 49.8 Å². The summed E-state index contributed by atoms with van der Waals surface area (Å²) in [6, 6.07) is 0. The lowest BCUT2D eigenvalue weighted by molar-refractivity contribution is -0.145. The molecule has 23 heavy (non-hydrogen) atoms. The third kappa shape index (κ3) is 2.74. The van der Waals surface area contributed by atoms with Gasteiger partial charge in [0.25, 0.3) is 0 Å². The molecule has 0 aromatic carbocycles. The highest BCUT2D eigenvalue weighted by Crippen LogP contribution is 2.53. The summed E-state index contributed by atoms with van der Waals surface area (Å²) in [5.41, 5.74) is 1.86. The fraction of sp³-hybridized carbons (Fsp3) is 0.842. The van der Waals surface area contributed by atoms with Gasteiger partial charge in [-0.1, -0.05) is 31.9 Å². The predicted molar refractivity (Wildman–Crippen MR) is 87.9 cm³/mol. The minimum atomic E-state index is 0.0178. The molecule has 0 amide bonds. The van der Waals surface area contributed by atoms with E-state index in [1.807, 2.05) is 0 Å². The lowest BCUT2D eigenvalue weighted by atomic mass is 9.59. The van der Waals surface area contributed by atoms with Crippen molar-refractivity contribution in [3.63, 3.8) is 0 Å². The van der Waals surface area contributed by atoms with Crippen molar-refractivity contribution in [1.29, 1.82) is 0 Å². The van der Waals surface area contributed by atoms with E-state index in [1.165, 1.54) is 19.3 Å². The second-order valence-corrected chi connectivity index (χ2v) is 8.25. The SMILES string of the molecule is CC1CCCC2(C)CC3OC(=O)C(CN4CCOCC4)C3C=C12. The van der Waals surface area contributed by atoms with Gasteiger partial charge in [-0.05, 0) is 30.6 Å². The van der Waals surface area contributed by atoms with E-state index in [-0.39, 0.29) is 29.3 Å². The van der Waals surface area contributed by atoms with Gasteiger partial charge >= 0.3 is 5.97 Å². The topological polar surface area (TPSA) is 38.8 Å².